The summed E-state index contributed by atoms with van der Waals surface area (Å²) in [6, 6.07) is 3.67. The van der Waals surface area contributed by atoms with Gasteiger partial charge < -0.3 is 24.4 Å². The number of carbonyl (C=O) groups is 1. The normalized spacial score (nSPS) is 17.1. The van der Waals surface area contributed by atoms with Crippen molar-refractivity contribution >= 4 is 5.97 Å². The van der Waals surface area contributed by atoms with E-state index in [0.717, 1.165) is 18.7 Å². The summed E-state index contributed by atoms with van der Waals surface area (Å²) in [6.07, 6.45) is -0.295. The summed E-state index contributed by atoms with van der Waals surface area (Å²) in [5.41, 5.74) is 1.33. The highest BCUT2D eigenvalue weighted by atomic mass is 16.6. The Morgan fingerprint density at radius 2 is 2.05 bits per heavy atom. The number of hydrogen-bond acceptors (Lipinski definition) is 4. The quantitative estimate of drug-likeness (QED) is 0.629. The molecule has 1 aromatic rings. The fourth-order valence-corrected chi connectivity index (χ4v) is 2.33. The maximum Gasteiger partial charge on any atom is 0.347 e. The van der Waals surface area contributed by atoms with Crippen molar-refractivity contribution in [2.45, 2.75) is 6.23 Å². The molecular weight excluding hydrogens is 260 g/mol. The molecule has 0 bridgehead atoms. The van der Waals surface area contributed by atoms with Gasteiger partial charge in [-0.2, -0.15) is 0 Å². The van der Waals surface area contributed by atoms with Crippen molar-refractivity contribution in [2.75, 3.05) is 41.4 Å². The molecule has 1 aliphatic heterocycles. The predicted molar refractivity (Wildman–Crippen MR) is 72.2 cm³/mol. The number of cyclic esters (lactones) is 1. The molecule has 0 spiro atoms. The zero-order valence-corrected chi connectivity index (χ0v) is 12.4. The molecule has 0 amide bonds. The van der Waals surface area contributed by atoms with Gasteiger partial charge >= 0.3 is 5.97 Å². The molecule has 6 heteroatoms. The zero-order valence-electron chi connectivity index (χ0n) is 12.4. The van der Waals surface area contributed by atoms with Crippen molar-refractivity contribution in [3.63, 3.8) is 0 Å². The number of benzene rings is 1. The summed E-state index contributed by atoms with van der Waals surface area (Å²) in [5.74, 6) is 0.639. The molecule has 20 heavy (non-hydrogen) atoms. The minimum absolute atomic E-state index is 0.295. The highest BCUT2D eigenvalue weighted by Crippen LogP contribution is 2.39. The smallest absolute Gasteiger partial charge is 0.347 e. The average Bonchev–Trinajstić information content (AvgIpc) is 2.74. The number of ether oxygens (including phenoxy) is 3. The van der Waals surface area contributed by atoms with Gasteiger partial charge in [-0.3, -0.25) is 0 Å². The molecule has 110 valence electrons. The van der Waals surface area contributed by atoms with Gasteiger partial charge in [0.05, 0.1) is 33.9 Å². The molecule has 2 rings (SSSR count). The van der Waals surface area contributed by atoms with Crippen LogP contribution in [0.3, 0.4) is 0 Å². The molecule has 3 N–H and O–H groups in total. The van der Waals surface area contributed by atoms with Gasteiger partial charge in [-0.15, -0.1) is 0 Å². The van der Waals surface area contributed by atoms with E-state index in [-0.39, 0.29) is 12.2 Å². The highest BCUT2D eigenvalue weighted by molar-refractivity contribution is 5.97. The molecule has 1 atom stereocenters. The van der Waals surface area contributed by atoms with E-state index in [2.05, 4.69) is 14.1 Å². The van der Waals surface area contributed by atoms with E-state index in [1.54, 1.807) is 13.2 Å². The molecular formula is C14H22N2O4+2. The SMILES string of the molecule is COc1ccc2c(c1OC)C(=O)O[C@@H]2[NH2+]CC[NH+](C)C. The van der Waals surface area contributed by atoms with Crippen LogP contribution >= 0.6 is 0 Å². The number of methoxy groups -OCH3 is 2. The lowest BCUT2D eigenvalue weighted by molar-refractivity contribution is -0.880. The maximum absolute atomic E-state index is 12.0. The largest absolute Gasteiger partial charge is 0.493 e. The number of quaternary nitrogens is 2. The molecule has 1 aliphatic rings. The Bertz CT molecular complexity index is 502. The molecule has 0 fully saturated rings. The van der Waals surface area contributed by atoms with Crippen LogP contribution in [0.5, 0.6) is 11.5 Å². The Kier molecular flexibility index (Phi) is 4.46. The van der Waals surface area contributed by atoms with Gasteiger partial charge in [0, 0.05) is 0 Å². The first kappa shape index (κ1) is 14.6. The first-order valence-corrected chi connectivity index (χ1v) is 6.66. The van der Waals surface area contributed by atoms with Gasteiger partial charge in [-0.25, -0.2) is 4.79 Å². The molecule has 0 unspecified atom stereocenters. The van der Waals surface area contributed by atoms with Gasteiger partial charge in [0.2, 0.25) is 0 Å². The molecule has 0 saturated heterocycles. The second-order valence-electron chi connectivity index (χ2n) is 5.07. The van der Waals surface area contributed by atoms with Crippen LogP contribution in [0.4, 0.5) is 0 Å². The van der Waals surface area contributed by atoms with Gasteiger partial charge in [0.25, 0.3) is 6.23 Å². The van der Waals surface area contributed by atoms with Crippen molar-refractivity contribution in [1.82, 2.24) is 0 Å². The number of rotatable bonds is 6. The van der Waals surface area contributed by atoms with Gasteiger partial charge in [0.1, 0.15) is 18.7 Å². The minimum Gasteiger partial charge on any atom is -0.493 e. The number of likely N-dealkylation sites (N-methyl/N-ethyl adjacent to an activating group) is 1. The monoisotopic (exact) mass is 282 g/mol. The first-order valence-electron chi connectivity index (χ1n) is 6.66. The topological polar surface area (TPSA) is 65.8 Å². The second kappa shape index (κ2) is 6.11. The summed E-state index contributed by atoms with van der Waals surface area (Å²) in [5, 5.41) is 2.03. The van der Waals surface area contributed by atoms with Crippen molar-refractivity contribution < 1.29 is 29.2 Å². The van der Waals surface area contributed by atoms with Crippen LogP contribution in [0.25, 0.3) is 0 Å². The Hall–Kier alpha value is -1.79. The third-order valence-electron chi connectivity index (χ3n) is 3.35. The zero-order chi connectivity index (χ0) is 14.7. The van der Waals surface area contributed by atoms with Crippen molar-refractivity contribution in [3.05, 3.63) is 23.3 Å². The third-order valence-corrected chi connectivity index (χ3v) is 3.35. The lowest BCUT2D eigenvalue weighted by Gasteiger charge is -2.12. The van der Waals surface area contributed by atoms with E-state index in [4.69, 9.17) is 14.2 Å². The van der Waals surface area contributed by atoms with Crippen LogP contribution in [0, 0.1) is 0 Å². The summed E-state index contributed by atoms with van der Waals surface area (Å²) in [7, 11) is 7.26. The second-order valence-corrected chi connectivity index (χ2v) is 5.07. The number of hydrogen-bond donors (Lipinski definition) is 2. The Morgan fingerprint density at radius 3 is 2.65 bits per heavy atom. The number of nitrogens with one attached hydrogen (secondary N) is 1. The van der Waals surface area contributed by atoms with E-state index >= 15 is 0 Å². The van der Waals surface area contributed by atoms with Crippen LogP contribution < -0.4 is 19.7 Å². The van der Waals surface area contributed by atoms with E-state index in [9.17, 15) is 4.79 Å². The van der Waals surface area contributed by atoms with E-state index in [1.165, 1.54) is 12.0 Å². The van der Waals surface area contributed by atoms with Gasteiger partial charge in [-0.05, 0) is 12.1 Å². The summed E-state index contributed by atoms with van der Waals surface area (Å²) in [6.45, 7) is 1.88. The van der Waals surface area contributed by atoms with E-state index < -0.39 is 0 Å². The molecule has 0 aromatic heterocycles. The Labute approximate surface area is 118 Å². The third kappa shape index (κ3) is 2.71. The molecule has 0 radical (unpaired) electrons. The van der Waals surface area contributed by atoms with Gasteiger partial charge in [-0.1, -0.05) is 0 Å². The van der Waals surface area contributed by atoms with Crippen LogP contribution in [0.1, 0.15) is 22.1 Å². The highest BCUT2D eigenvalue weighted by Gasteiger charge is 2.38. The minimum atomic E-state index is -0.353. The lowest BCUT2D eigenvalue weighted by atomic mass is 10.1. The van der Waals surface area contributed by atoms with Crippen LogP contribution in [-0.4, -0.2) is 47.4 Å². The van der Waals surface area contributed by atoms with Crippen molar-refractivity contribution in [1.29, 1.82) is 0 Å². The first-order chi connectivity index (χ1) is 9.58. The molecule has 1 heterocycles. The van der Waals surface area contributed by atoms with Crippen molar-refractivity contribution in [2.24, 2.45) is 0 Å². The predicted octanol–water partition coefficient (Wildman–Crippen LogP) is -1.42. The summed E-state index contributed by atoms with van der Waals surface area (Å²) >= 11 is 0. The molecule has 0 saturated carbocycles. The van der Waals surface area contributed by atoms with Gasteiger partial charge in [0.15, 0.2) is 11.5 Å². The standard InChI is InChI=1S/C14H20N2O4/c1-16(2)8-7-15-13-9-5-6-10(18-3)12(19-4)11(9)14(17)20-13/h5-6,13,15H,7-8H2,1-4H3/p+2/t13-/m0/s1. The fraction of sp³-hybridized carbons (Fsp3) is 0.500. The lowest BCUT2D eigenvalue weighted by Crippen LogP contribution is -3.09. The number of carbonyl (C=O) groups excluding carboxylic acids is 1. The van der Waals surface area contributed by atoms with Crippen LogP contribution in [-0.2, 0) is 4.74 Å². The number of fused-ring (bicyclic) bond motifs is 1. The Morgan fingerprint density at radius 1 is 1.30 bits per heavy atom. The number of nitrogens with two attached hydrogens (primary N) is 1. The Balaban J connectivity index is 2.23. The van der Waals surface area contributed by atoms with Crippen LogP contribution in [0.2, 0.25) is 0 Å². The van der Waals surface area contributed by atoms with Crippen molar-refractivity contribution in [3.8, 4) is 11.5 Å². The number of esters is 1. The summed E-state index contributed by atoms with van der Waals surface area (Å²) in [4.78, 5) is 13.4. The molecule has 1 aromatic carbocycles. The fourth-order valence-electron chi connectivity index (χ4n) is 2.33. The molecule has 6 nitrogen and oxygen atoms in total. The van der Waals surface area contributed by atoms with E-state index in [0.29, 0.717) is 17.1 Å². The maximum atomic E-state index is 12.0. The summed E-state index contributed by atoms with van der Waals surface area (Å²) < 4.78 is 15.9. The van der Waals surface area contributed by atoms with Crippen LogP contribution in [0.15, 0.2) is 12.1 Å². The molecule has 0 aliphatic carbocycles. The van der Waals surface area contributed by atoms with E-state index in [1.807, 2.05) is 11.4 Å². The average molecular weight is 282 g/mol.